The van der Waals surface area contributed by atoms with Gasteiger partial charge in [0.15, 0.2) is 0 Å². The quantitative estimate of drug-likeness (QED) is 0.197. The molecule has 2 heterocycles. The second kappa shape index (κ2) is 11.0. The number of carbonyl (C=O) groups excluding carboxylic acids is 1. The van der Waals surface area contributed by atoms with Gasteiger partial charge in [-0.3, -0.25) is 4.79 Å². The Hall–Kier alpha value is -5.43. The van der Waals surface area contributed by atoms with Crippen LogP contribution in [0.2, 0.25) is 0 Å². The molecule has 0 radical (unpaired) electrons. The maximum atomic E-state index is 13.0. The molecule has 0 spiro atoms. The first-order chi connectivity index (χ1) is 19.9. The number of nitrogens with zero attached hydrogens (tertiary/aromatic N) is 2. The Labute approximate surface area is 236 Å². The number of aryl methyl sites for hydroxylation is 1. The molecule has 3 N–H and O–H groups in total. The number of fused-ring (bicyclic) bond motifs is 2. The number of para-hydroxylation sites is 1. The smallest absolute Gasteiger partial charge is 0.326 e. The molecule has 0 fully saturated rings. The van der Waals surface area contributed by atoms with Crippen molar-refractivity contribution in [3.8, 4) is 16.9 Å². The van der Waals surface area contributed by atoms with Crippen molar-refractivity contribution in [2.75, 3.05) is 0 Å². The number of carboxylic acid groups (broad SMARTS) is 1. The van der Waals surface area contributed by atoms with E-state index in [1.54, 1.807) is 17.0 Å². The molecule has 1 unspecified atom stereocenters. The average molecular weight is 541 g/mol. The molecule has 0 saturated heterocycles. The fourth-order valence-electron chi connectivity index (χ4n) is 5.08. The molecule has 1 amide bonds. The van der Waals surface area contributed by atoms with Crippen molar-refractivity contribution >= 4 is 39.6 Å². The summed E-state index contributed by atoms with van der Waals surface area (Å²) in [7, 11) is 0. The molecule has 0 aliphatic heterocycles. The number of hydrogen-bond donors (Lipinski definition) is 3. The number of amides is 1. The van der Waals surface area contributed by atoms with E-state index in [2.05, 4.69) is 34.6 Å². The Bertz CT molecular complexity index is 1930. The predicted octanol–water partition coefficient (Wildman–Crippen LogP) is 6.31. The van der Waals surface area contributed by atoms with Crippen molar-refractivity contribution in [1.82, 2.24) is 20.1 Å². The number of benzene rings is 4. The number of rotatable bonds is 8. The van der Waals surface area contributed by atoms with Crippen molar-refractivity contribution in [1.29, 1.82) is 0 Å². The molecule has 0 bridgehead atoms. The van der Waals surface area contributed by atoms with Crippen LogP contribution >= 0.6 is 0 Å². The minimum Gasteiger partial charge on any atom is -0.480 e. The third-order valence-electron chi connectivity index (χ3n) is 7.16. The zero-order valence-corrected chi connectivity index (χ0v) is 22.4. The van der Waals surface area contributed by atoms with E-state index in [-0.39, 0.29) is 6.42 Å². The molecule has 0 aliphatic rings. The van der Waals surface area contributed by atoms with E-state index < -0.39 is 17.9 Å². The predicted molar refractivity (Wildman–Crippen MR) is 162 cm³/mol. The Kier molecular flexibility index (Phi) is 6.92. The third-order valence-corrected chi connectivity index (χ3v) is 7.16. The van der Waals surface area contributed by atoms with E-state index in [9.17, 15) is 14.7 Å². The van der Waals surface area contributed by atoms with Crippen LogP contribution in [0.15, 0.2) is 109 Å². The van der Waals surface area contributed by atoms with Gasteiger partial charge >= 0.3 is 5.97 Å². The van der Waals surface area contributed by atoms with Gasteiger partial charge in [0.2, 0.25) is 5.91 Å². The number of hydrogen-bond acceptors (Lipinski definition) is 3. The Morgan fingerprint density at radius 2 is 1.78 bits per heavy atom. The summed E-state index contributed by atoms with van der Waals surface area (Å²) in [5, 5.41) is 20.5. The van der Waals surface area contributed by atoms with Crippen molar-refractivity contribution in [3.05, 3.63) is 126 Å². The first kappa shape index (κ1) is 25.8. The monoisotopic (exact) mass is 540 g/mol. The van der Waals surface area contributed by atoms with Crippen LogP contribution in [0, 0.1) is 6.92 Å². The highest BCUT2D eigenvalue weighted by molar-refractivity contribution is 5.96. The van der Waals surface area contributed by atoms with Crippen molar-refractivity contribution in [3.63, 3.8) is 0 Å². The van der Waals surface area contributed by atoms with E-state index in [1.165, 1.54) is 6.08 Å². The normalized spacial score (nSPS) is 12.2. The topological polar surface area (TPSA) is 100 Å². The molecule has 2 aromatic heterocycles. The lowest BCUT2D eigenvalue weighted by Crippen LogP contribution is -2.41. The largest absolute Gasteiger partial charge is 0.480 e. The van der Waals surface area contributed by atoms with Crippen LogP contribution in [-0.4, -0.2) is 37.8 Å². The summed E-state index contributed by atoms with van der Waals surface area (Å²) < 4.78 is 1.80. The molecule has 1 atom stereocenters. The number of aromatic nitrogens is 3. The summed E-state index contributed by atoms with van der Waals surface area (Å²) in [6.07, 6.45) is 6.88. The van der Waals surface area contributed by atoms with Crippen molar-refractivity contribution < 1.29 is 14.7 Å². The maximum absolute atomic E-state index is 13.0. The van der Waals surface area contributed by atoms with Crippen LogP contribution in [0.3, 0.4) is 0 Å². The third kappa shape index (κ3) is 5.51. The molecular formula is C34H28N4O3. The lowest BCUT2D eigenvalue weighted by Gasteiger charge is -2.12. The maximum Gasteiger partial charge on any atom is 0.326 e. The van der Waals surface area contributed by atoms with Gasteiger partial charge in [0.05, 0.1) is 11.4 Å². The van der Waals surface area contributed by atoms with Gasteiger partial charge in [-0.15, -0.1) is 0 Å². The van der Waals surface area contributed by atoms with Crippen LogP contribution in [0.5, 0.6) is 0 Å². The number of H-pyrrole nitrogens is 1. The zero-order valence-electron chi connectivity index (χ0n) is 22.4. The van der Waals surface area contributed by atoms with Crippen molar-refractivity contribution in [2.45, 2.75) is 19.4 Å². The van der Waals surface area contributed by atoms with Crippen molar-refractivity contribution in [2.24, 2.45) is 0 Å². The van der Waals surface area contributed by atoms with E-state index in [0.29, 0.717) is 0 Å². The van der Waals surface area contributed by atoms with Gasteiger partial charge in [0.25, 0.3) is 0 Å². The van der Waals surface area contributed by atoms with E-state index in [4.69, 9.17) is 5.10 Å². The van der Waals surface area contributed by atoms with Gasteiger partial charge < -0.3 is 15.4 Å². The summed E-state index contributed by atoms with van der Waals surface area (Å²) >= 11 is 0. The molecule has 6 rings (SSSR count). The SMILES string of the molecule is Cc1cccc(-n2cc(/C=C\C(=O)NC(Cc3c[nH]c4ccccc34)C(=O)O)c(-c3ccc4ccccc4c3)n2)c1. The first-order valence-electron chi connectivity index (χ1n) is 13.4. The fourth-order valence-corrected chi connectivity index (χ4v) is 5.08. The van der Waals surface area contributed by atoms with Crippen LogP contribution in [0.1, 0.15) is 16.7 Å². The summed E-state index contributed by atoms with van der Waals surface area (Å²) in [5.74, 6) is -1.59. The van der Waals surface area contributed by atoms with Gasteiger partial charge in [0.1, 0.15) is 6.04 Å². The molecule has 6 aromatic rings. The molecule has 7 heteroatoms. The van der Waals surface area contributed by atoms with Gasteiger partial charge in [-0.1, -0.05) is 66.7 Å². The van der Waals surface area contributed by atoms with E-state index in [0.717, 1.165) is 55.3 Å². The van der Waals surface area contributed by atoms with Gasteiger partial charge in [0, 0.05) is 46.9 Å². The highest BCUT2D eigenvalue weighted by Gasteiger charge is 2.21. The van der Waals surface area contributed by atoms with E-state index in [1.807, 2.05) is 79.9 Å². The van der Waals surface area contributed by atoms with Gasteiger partial charge in [-0.2, -0.15) is 5.10 Å². The zero-order chi connectivity index (χ0) is 28.3. The molecule has 4 aromatic carbocycles. The highest BCUT2D eigenvalue weighted by Crippen LogP contribution is 2.28. The Morgan fingerprint density at radius 1 is 0.976 bits per heavy atom. The minimum atomic E-state index is -1.10. The number of aromatic amines is 1. The Balaban J connectivity index is 1.29. The second-order valence-corrected chi connectivity index (χ2v) is 10.1. The average Bonchev–Trinajstić information content (AvgIpc) is 3.60. The highest BCUT2D eigenvalue weighted by atomic mass is 16.4. The summed E-state index contributed by atoms with van der Waals surface area (Å²) in [6, 6.07) is 28.9. The Morgan fingerprint density at radius 3 is 2.61 bits per heavy atom. The lowest BCUT2D eigenvalue weighted by atomic mass is 10.0. The van der Waals surface area contributed by atoms with Crippen LogP contribution < -0.4 is 5.32 Å². The number of carboxylic acids is 1. The van der Waals surface area contributed by atoms with Gasteiger partial charge in [-0.05, 0) is 59.2 Å². The van der Waals surface area contributed by atoms with Crippen LogP contribution in [0.25, 0.3) is 44.7 Å². The number of aliphatic carboxylic acids is 1. The van der Waals surface area contributed by atoms with E-state index >= 15 is 0 Å². The summed E-state index contributed by atoms with van der Waals surface area (Å²) in [4.78, 5) is 28.2. The minimum absolute atomic E-state index is 0.159. The fraction of sp³-hybridized carbons (Fsp3) is 0.0882. The standard InChI is InChI=1S/C34H28N4O3/c1-22-7-6-10-28(17-22)38-21-26(33(37-38)25-14-13-23-8-2-3-9-24(23)18-25)15-16-32(39)36-31(34(40)41)19-27-20-35-30-12-5-4-11-29(27)30/h2-18,20-21,31,35H,19H2,1H3,(H,36,39)(H,40,41)/b16-15-. The molecule has 7 nitrogen and oxygen atoms in total. The first-order valence-corrected chi connectivity index (χ1v) is 13.4. The summed E-state index contributed by atoms with van der Waals surface area (Å²) in [6.45, 7) is 2.03. The van der Waals surface area contributed by atoms with Crippen LogP contribution in [-0.2, 0) is 16.0 Å². The molecular weight excluding hydrogens is 512 g/mol. The molecule has 0 aliphatic carbocycles. The molecule has 41 heavy (non-hydrogen) atoms. The second-order valence-electron chi connectivity index (χ2n) is 10.1. The van der Waals surface area contributed by atoms with Crippen LogP contribution in [0.4, 0.5) is 0 Å². The molecule has 0 saturated carbocycles. The molecule has 202 valence electrons. The number of nitrogens with one attached hydrogen (secondary N) is 2. The lowest BCUT2D eigenvalue weighted by molar-refractivity contribution is -0.141. The summed E-state index contributed by atoms with van der Waals surface area (Å²) in [5.41, 5.74) is 6.13. The van der Waals surface area contributed by atoms with Gasteiger partial charge in [-0.25, -0.2) is 9.48 Å². The number of carbonyl (C=O) groups is 2.